The van der Waals surface area contributed by atoms with Crippen molar-refractivity contribution in [2.75, 3.05) is 6.61 Å². The average Bonchev–Trinajstić information content (AvgIpc) is 2.41. The zero-order valence-electron chi connectivity index (χ0n) is 12.2. The number of carbonyl (C=O) groups excluding carboxylic acids is 1. The molecule has 0 saturated carbocycles. The van der Waals surface area contributed by atoms with E-state index < -0.39 is 12.8 Å². The highest BCUT2D eigenvalue weighted by Gasteiger charge is 2.28. The maximum Gasteiger partial charge on any atom is 0.422 e. The normalized spacial score (nSPS) is 11.5. The quantitative estimate of drug-likeness (QED) is 0.834. The minimum Gasteiger partial charge on any atom is -0.484 e. The van der Waals surface area contributed by atoms with E-state index in [1.807, 2.05) is 13.8 Å². The Hall–Kier alpha value is -1.72. The van der Waals surface area contributed by atoms with E-state index in [9.17, 15) is 18.0 Å². The molecule has 0 aliphatic rings. The highest BCUT2D eigenvalue weighted by atomic mass is 19.4. The molecule has 0 atom stereocenters. The van der Waals surface area contributed by atoms with Crippen LogP contribution < -0.4 is 10.1 Å². The molecule has 1 amide bonds. The molecule has 0 aliphatic heterocycles. The summed E-state index contributed by atoms with van der Waals surface area (Å²) >= 11 is 0. The van der Waals surface area contributed by atoms with Gasteiger partial charge in [-0.2, -0.15) is 13.2 Å². The van der Waals surface area contributed by atoms with E-state index in [1.54, 1.807) is 12.1 Å². The number of halogens is 3. The van der Waals surface area contributed by atoms with Gasteiger partial charge in [0.25, 0.3) is 0 Å². The van der Waals surface area contributed by atoms with Crippen LogP contribution in [0.4, 0.5) is 13.2 Å². The van der Waals surface area contributed by atoms with Crippen molar-refractivity contribution in [3.63, 3.8) is 0 Å². The first kappa shape index (κ1) is 17.3. The summed E-state index contributed by atoms with van der Waals surface area (Å²) in [6, 6.07) is 6.19. The van der Waals surface area contributed by atoms with Gasteiger partial charge in [0.1, 0.15) is 5.75 Å². The Balaban J connectivity index is 2.35. The SMILES string of the molecule is CC(C)CCC(=O)NCc1ccc(OCC(F)(F)F)cc1. The van der Waals surface area contributed by atoms with Crippen LogP contribution in [0, 0.1) is 5.92 Å². The number of amides is 1. The fourth-order valence-electron chi connectivity index (χ4n) is 1.58. The minimum atomic E-state index is -4.34. The third-order valence-electron chi connectivity index (χ3n) is 2.76. The van der Waals surface area contributed by atoms with Crippen LogP contribution in [-0.2, 0) is 11.3 Å². The van der Waals surface area contributed by atoms with Crippen molar-refractivity contribution in [2.45, 2.75) is 39.4 Å². The van der Waals surface area contributed by atoms with Gasteiger partial charge in [-0.05, 0) is 30.0 Å². The molecule has 3 nitrogen and oxygen atoms in total. The fraction of sp³-hybridized carbons (Fsp3) is 0.533. The molecule has 0 unspecified atom stereocenters. The van der Waals surface area contributed by atoms with E-state index in [-0.39, 0.29) is 11.7 Å². The Kier molecular flexibility index (Phi) is 6.52. The first-order valence-electron chi connectivity index (χ1n) is 6.81. The van der Waals surface area contributed by atoms with Crippen LogP contribution in [0.25, 0.3) is 0 Å². The molecule has 1 rings (SSSR count). The number of hydrogen-bond acceptors (Lipinski definition) is 2. The summed E-state index contributed by atoms with van der Waals surface area (Å²) in [6.45, 7) is 3.15. The van der Waals surface area contributed by atoms with Crippen LogP contribution in [0.1, 0.15) is 32.3 Å². The lowest BCUT2D eigenvalue weighted by Gasteiger charge is -2.10. The summed E-state index contributed by atoms with van der Waals surface area (Å²) in [4.78, 5) is 11.5. The van der Waals surface area contributed by atoms with Gasteiger partial charge in [0.15, 0.2) is 6.61 Å². The zero-order chi connectivity index (χ0) is 15.9. The van der Waals surface area contributed by atoms with Gasteiger partial charge in [0, 0.05) is 13.0 Å². The highest BCUT2D eigenvalue weighted by molar-refractivity contribution is 5.75. The fourth-order valence-corrected chi connectivity index (χ4v) is 1.58. The lowest BCUT2D eigenvalue weighted by Crippen LogP contribution is -2.22. The molecular weight excluding hydrogens is 283 g/mol. The third kappa shape index (κ3) is 8.22. The van der Waals surface area contributed by atoms with E-state index in [4.69, 9.17) is 0 Å². The van der Waals surface area contributed by atoms with Gasteiger partial charge in [0.05, 0.1) is 0 Å². The molecule has 1 aromatic rings. The summed E-state index contributed by atoms with van der Waals surface area (Å²) in [5.74, 6) is 0.601. The highest BCUT2D eigenvalue weighted by Crippen LogP contribution is 2.18. The Labute approximate surface area is 122 Å². The second-order valence-corrected chi connectivity index (χ2v) is 5.26. The molecule has 0 aliphatic carbocycles. The number of benzene rings is 1. The van der Waals surface area contributed by atoms with Crippen molar-refractivity contribution in [2.24, 2.45) is 5.92 Å². The van der Waals surface area contributed by atoms with Gasteiger partial charge >= 0.3 is 6.18 Å². The molecule has 0 radical (unpaired) electrons. The first-order chi connectivity index (χ1) is 9.76. The maximum absolute atomic E-state index is 12.0. The molecule has 21 heavy (non-hydrogen) atoms. The number of ether oxygens (including phenoxy) is 1. The number of alkyl halides is 3. The number of rotatable bonds is 7. The first-order valence-corrected chi connectivity index (χ1v) is 6.81. The topological polar surface area (TPSA) is 38.3 Å². The average molecular weight is 303 g/mol. The summed E-state index contributed by atoms with van der Waals surface area (Å²) in [6.07, 6.45) is -3.04. The number of carbonyl (C=O) groups is 1. The van der Waals surface area contributed by atoms with Crippen LogP contribution in [0.2, 0.25) is 0 Å². The third-order valence-corrected chi connectivity index (χ3v) is 2.76. The molecule has 0 fully saturated rings. The van der Waals surface area contributed by atoms with Crippen molar-refractivity contribution in [1.82, 2.24) is 5.32 Å². The predicted octanol–water partition coefficient (Wildman–Crippen LogP) is 3.68. The van der Waals surface area contributed by atoms with Crippen LogP contribution in [-0.4, -0.2) is 18.7 Å². The summed E-state index contributed by atoms with van der Waals surface area (Å²) in [5.41, 5.74) is 0.812. The molecule has 0 spiro atoms. The van der Waals surface area contributed by atoms with Gasteiger partial charge < -0.3 is 10.1 Å². The zero-order valence-corrected chi connectivity index (χ0v) is 12.2. The molecule has 0 aromatic heterocycles. The Bertz CT molecular complexity index is 441. The second kappa shape index (κ2) is 7.90. The van der Waals surface area contributed by atoms with Gasteiger partial charge in [-0.25, -0.2) is 0 Å². The van der Waals surface area contributed by atoms with E-state index in [2.05, 4.69) is 10.1 Å². The number of hydrogen-bond donors (Lipinski definition) is 1. The molecular formula is C15H20F3NO2. The summed E-state index contributed by atoms with van der Waals surface area (Å²) in [7, 11) is 0. The molecule has 0 saturated heterocycles. The second-order valence-electron chi connectivity index (χ2n) is 5.26. The van der Waals surface area contributed by atoms with Gasteiger partial charge in [-0.1, -0.05) is 26.0 Å². The lowest BCUT2D eigenvalue weighted by atomic mass is 10.1. The van der Waals surface area contributed by atoms with Crippen molar-refractivity contribution < 1.29 is 22.7 Å². The Morgan fingerprint density at radius 2 is 1.86 bits per heavy atom. The molecule has 0 heterocycles. The number of nitrogens with one attached hydrogen (secondary N) is 1. The van der Waals surface area contributed by atoms with Gasteiger partial charge in [0.2, 0.25) is 5.91 Å². The van der Waals surface area contributed by atoms with Crippen LogP contribution in [0.15, 0.2) is 24.3 Å². The van der Waals surface area contributed by atoms with Crippen LogP contribution in [0.5, 0.6) is 5.75 Å². The summed E-state index contributed by atoms with van der Waals surface area (Å²) < 4.78 is 40.6. The molecule has 1 aromatic carbocycles. The van der Waals surface area contributed by atoms with Gasteiger partial charge in [-0.3, -0.25) is 4.79 Å². The minimum absolute atomic E-state index is 0.0268. The van der Waals surface area contributed by atoms with E-state index >= 15 is 0 Å². The standard InChI is InChI=1S/C15H20F3NO2/c1-11(2)3-8-14(20)19-9-12-4-6-13(7-5-12)21-10-15(16,17)18/h4-7,11H,3,8-10H2,1-2H3,(H,19,20). The maximum atomic E-state index is 12.0. The van der Waals surface area contributed by atoms with E-state index in [0.29, 0.717) is 18.9 Å². The van der Waals surface area contributed by atoms with Crippen molar-refractivity contribution in [3.05, 3.63) is 29.8 Å². The molecule has 6 heteroatoms. The van der Waals surface area contributed by atoms with Gasteiger partial charge in [-0.15, -0.1) is 0 Å². The van der Waals surface area contributed by atoms with Crippen molar-refractivity contribution in [3.8, 4) is 5.75 Å². The Morgan fingerprint density at radius 3 is 2.38 bits per heavy atom. The van der Waals surface area contributed by atoms with Crippen LogP contribution >= 0.6 is 0 Å². The molecule has 1 N–H and O–H groups in total. The largest absolute Gasteiger partial charge is 0.484 e. The lowest BCUT2D eigenvalue weighted by molar-refractivity contribution is -0.153. The van der Waals surface area contributed by atoms with Crippen molar-refractivity contribution in [1.29, 1.82) is 0 Å². The smallest absolute Gasteiger partial charge is 0.422 e. The van der Waals surface area contributed by atoms with E-state index in [1.165, 1.54) is 12.1 Å². The summed E-state index contributed by atoms with van der Waals surface area (Å²) in [5, 5.41) is 2.77. The monoisotopic (exact) mass is 303 g/mol. The Morgan fingerprint density at radius 1 is 1.24 bits per heavy atom. The van der Waals surface area contributed by atoms with Crippen LogP contribution in [0.3, 0.4) is 0 Å². The van der Waals surface area contributed by atoms with E-state index in [0.717, 1.165) is 12.0 Å². The molecule has 118 valence electrons. The molecule has 0 bridgehead atoms. The van der Waals surface area contributed by atoms with Crippen molar-refractivity contribution >= 4 is 5.91 Å². The predicted molar refractivity (Wildman–Crippen MR) is 73.9 cm³/mol.